The standard InChI is InChI=1S/C17H12F3N3/c18-11-2-3-12-10(6-11)7-13-16(12)22-23-17(13)21-8-9-1-4-14(19)15(20)5-9/h1-7,21-23H,8H2. The minimum atomic E-state index is -0.873. The summed E-state index contributed by atoms with van der Waals surface area (Å²) in [6.07, 6.45) is 0. The lowest BCUT2D eigenvalue weighted by Gasteiger charge is -2.05. The number of benzene rings is 2. The first-order valence-corrected chi connectivity index (χ1v) is 7.08. The van der Waals surface area contributed by atoms with Crippen molar-refractivity contribution in [1.29, 1.82) is 0 Å². The highest BCUT2D eigenvalue weighted by atomic mass is 19.2. The number of hydrogen-bond acceptors (Lipinski definition) is 1. The number of hydrogen-bond donors (Lipinski definition) is 3. The van der Waals surface area contributed by atoms with Gasteiger partial charge in [0, 0.05) is 17.5 Å². The SMILES string of the molecule is Fc1ccc2c3[nH][nH]c(NCc4ccc(F)c(F)c4)c-3cc2c1. The van der Waals surface area contributed by atoms with Crippen molar-refractivity contribution in [3.05, 3.63) is 65.5 Å². The third-order valence-corrected chi connectivity index (χ3v) is 3.89. The van der Waals surface area contributed by atoms with Crippen LogP contribution in [0.5, 0.6) is 0 Å². The van der Waals surface area contributed by atoms with Crippen LogP contribution in [0.25, 0.3) is 22.0 Å². The molecule has 0 atom stereocenters. The quantitative estimate of drug-likeness (QED) is 0.507. The Bertz CT molecular complexity index is 971. The van der Waals surface area contributed by atoms with Gasteiger partial charge in [0.05, 0.1) is 5.69 Å². The fraction of sp³-hybridized carbons (Fsp3) is 0.0588. The van der Waals surface area contributed by atoms with Crippen LogP contribution in [0.3, 0.4) is 0 Å². The number of halogens is 3. The van der Waals surface area contributed by atoms with Crippen molar-refractivity contribution in [3.8, 4) is 11.3 Å². The van der Waals surface area contributed by atoms with Crippen molar-refractivity contribution in [3.63, 3.8) is 0 Å². The van der Waals surface area contributed by atoms with E-state index < -0.39 is 11.6 Å². The smallest absolute Gasteiger partial charge is 0.159 e. The number of rotatable bonds is 3. The average molecular weight is 315 g/mol. The summed E-state index contributed by atoms with van der Waals surface area (Å²) in [5, 5.41) is 10.9. The molecule has 116 valence electrons. The van der Waals surface area contributed by atoms with Crippen LogP contribution in [0.4, 0.5) is 19.0 Å². The molecule has 0 spiro atoms. The molecule has 1 heterocycles. The van der Waals surface area contributed by atoms with Gasteiger partial charge in [0.25, 0.3) is 0 Å². The van der Waals surface area contributed by atoms with Crippen molar-refractivity contribution < 1.29 is 13.2 Å². The highest BCUT2D eigenvalue weighted by molar-refractivity contribution is 6.03. The molecular formula is C17H12F3N3. The van der Waals surface area contributed by atoms with E-state index in [2.05, 4.69) is 15.5 Å². The first-order chi connectivity index (χ1) is 11.1. The van der Waals surface area contributed by atoms with E-state index in [0.29, 0.717) is 17.9 Å². The van der Waals surface area contributed by atoms with Crippen LogP contribution in [-0.4, -0.2) is 10.2 Å². The monoisotopic (exact) mass is 315 g/mol. The molecule has 6 heteroatoms. The van der Waals surface area contributed by atoms with Crippen LogP contribution >= 0.6 is 0 Å². The van der Waals surface area contributed by atoms with Crippen LogP contribution in [0.1, 0.15) is 5.56 Å². The lowest BCUT2D eigenvalue weighted by molar-refractivity contribution is 0.507. The lowest BCUT2D eigenvalue weighted by atomic mass is 10.2. The van der Waals surface area contributed by atoms with E-state index in [1.165, 1.54) is 18.2 Å². The van der Waals surface area contributed by atoms with E-state index in [1.54, 1.807) is 6.07 Å². The first kappa shape index (κ1) is 13.8. The Morgan fingerprint density at radius 1 is 0.870 bits per heavy atom. The minimum Gasteiger partial charge on any atom is -0.366 e. The third-order valence-electron chi connectivity index (χ3n) is 3.89. The number of H-pyrrole nitrogens is 2. The molecule has 0 bridgehead atoms. The van der Waals surface area contributed by atoms with Crippen LogP contribution < -0.4 is 5.32 Å². The Hall–Kier alpha value is -2.89. The van der Waals surface area contributed by atoms with Gasteiger partial charge in [-0.15, -0.1) is 0 Å². The number of aromatic nitrogens is 2. The van der Waals surface area contributed by atoms with Gasteiger partial charge in [-0.2, -0.15) is 0 Å². The molecule has 2 aliphatic rings. The predicted octanol–water partition coefficient (Wildman–Crippen LogP) is 4.63. The molecule has 2 aromatic rings. The summed E-state index contributed by atoms with van der Waals surface area (Å²) in [4.78, 5) is 0. The number of nitrogens with one attached hydrogen (secondary N) is 3. The van der Waals surface area contributed by atoms with E-state index >= 15 is 0 Å². The predicted molar refractivity (Wildman–Crippen MR) is 82.9 cm³/mol. The van der Waals surface area contributed by atoms with E-state index in [4.69, 9.17) is 0 Å². The number of aromatic amines is 2. The van der Waals surface area contributed by atoms with Gasteiger partial charge in [0.15, 0.2) is 11.6 Å². The Kier molecular flexibility index (Phi) is 3.04. The third kappa shape index (κ3) is 2.32. The molecule has 23 heavy (non-hydrogen) atoms. The van der Waals surface area contributed by atoms with E-state index in [-0.39, 0.29) is 5.82 Å². The molecule has 4 rings (SSSR count). The molecule has 0 saturated heterocycles. The Morgan fingerprint density at radius 2 is 1.74 bits per heavy atom. The van der Waals surface area contributed by atoms with Crippen molar-refractivity contribution in [2.45, 2.75) is 6.54 Å². The number of fused-ring (bicyclic) bond motifs is 3. The van der Waals surface area contributed by atoms with Gasteiger partial charge >= 0.3 is 0 Å². The van der Waals surface area contributed by atoms with Gasteiger partial charge in [-0.05, 0) is 47.3 Å². The van der Waals surface area contributed by atoms with Crippen molar-refractivity contribution >= 4 is 16.6 Å². The normalized spacial score (nSPS) is 11.4. The van der Waals surface area contributed by atoms with Gasteiger partial charge < -0.3 is 5.32 Å². The van der Waals surface area contributed by atoms with Crippen LogP contribution in [0.2, 0.25) is 0 Å². The number of anilines is 1. The van der Waals surface area contributed by atoms with E-state index in [1.807, 2.05) is 6.07 Å². The summed E-state index contributed by atoms with van der Waals surface area (Å²) in [6.45, 7) is 0.330. The van der Waals surface area contributed by atoms with Gasteiger partial charge in [-0.25, -0.2) is 13.2 Å². The average Bonchev–Trinajstić information content (AvgIpc) is 3.07. The second-order valence-corrected chi connectivity index (χ2v) is 5.39. The maximum atomic E-state index is 13.3. The first-order valence-electron chi connectivity index (χ1n) is 7.08. The fourth-order valence-electron chi connectivity index (χ4n) is 2.76. The largest absolute Gasteiger partial charge is 0.366 e. The van der Waals surface area contributed by atoms with Gasteiger partial charge in [-0.3, -0.25) is 10.2 Å². The second kappa shape index (κ2) is 5.08. The minimum absolute atomic E-state index is 0.287. The molecule has 3 nitrogen and oxygen atoms in total. The van der Waals surface area contributed by atoms with E-state index in [0.717, 1.165) is 34.2 Å². The molecule has 0 unspecified atom stereocenters. The van der Waals surface area contributed by atoms with Crippen LogP contribution in [0.15, 0.2) is 42.5 Å². The summed E-state index contributed by atoms with van der Waals surface area (Å²) in [5.74, 6) is -1.32. The molecule has 1 aliphatic carbocycles. The maximum absolute atomic E-state index is 13.3. The molecule has 0 saturated carbocycles. The molecule has 0 fully saturated rings. The zero-order valence-electron chi connectivity index (χ0n) is 11.9. The van der Waals surface area contributed by atoms with Gasteiger partial charge in [-0.1, -0.05) is 6.07 Å². The van der Waals surface area contributed by atoms with Crippen LogP contribution in [-0.2, 0) is 6.54 Å². The molecule has 2 aromatic carbocycles. The summed E-state index contributed by atoms with van der Waals surface area (Å²) in [7, 11) is 0. The molecular weight excluding hydrogens is 303 g/mol. The Balaban J connectivity index is 1.63. The maximum Gasteiger partial charge on any atom is 0.159 e. The van der Waals surface area contributed by atoms with Crippen molar-refractivity contribution in [2.75, 3.05) is 5.32 Å². The Labute approximate surface area is 129 Å². The summed E-state index contributed by atoms with van der Waals surface area (Å²) < 4.78 is 39.5. The van der Waals surface area contributed by atoms with E-state index in [9.17, 15) is 13.2 Å². The topological polar surface area (TPSA) is 43.6 Å². The van der Waals surface area contributed by atoms with Crippen molar-refractivity contribution in [1.82, 2.24) is 10.2 Å². The molecule has 0 radical (unpaired) electrons. The Morgan fingerprint density at radius 3 is 2.57 bits per heavy atom. The molecule has 0 amide bonds. The summed E-state index contributed by atoms with van der Waals surface area (Å²) >= 11 is 0. The highest BCUT2D eigenvalue weighted by Crippen LogP contribution is 2.37. The molecule has 0 aromatic heterocycles. The molecule has 3 N–H and O–H groups in total. The fourth-order valence-corrected chi connectivity index (χ4v) is 2.76. The zero-order chi connectivity index (χ0) is 16.0. The lowest BCUT2D eigenvalue weighted by Crippen LogP contribution is -2.01. The van der Waals surface area contributed by atoms with Crippen molar-refractivity contribution in [2.24, 2.45) is 0 Å². The highest BCUT2D eigenvalue weighted by Gasteiger charge is 2.17. The van der Waals surface area contributed by atoms with Gasteiger partial charge in [0.1, 0.15) is 11.6 Å². The second-order valence-electron chi connectivity index (χ2n) is 5.39. The summed E-state index contributed by atoms with van der Waals surface area (Å²) in [5.41, 5.74) is 2.37. The molecule has 1 aliphatic heterocycles. The van der Waals surface area contributed by atoms with Crippen LogP contribution in [0, 0.1) is 17.5 Å². The zero-order valence-corrected chi connectivity index (χ0v) is 11.9. The van der Waals surface area contributed by atoms with Gasteiger partial charge in [0.2, 0.25) is 0 Å². The summed E-state index contributed by atoms with van der Waals surface area (Å²) in [6, 6.07) is 10.3.